The van der Waals surface area contributed by atoms with Gasteiger partial charge in [0.05, 0.1) is 0 Å². The Kier molecular flexibility index (Phi) is 5.78. The summed E-state index contributed by atoms with van der Waals surface area (Å²) < 4.78 is 10.0. The molecule has 0 aliphatic carbocycles. The first-order valence-electron chi connectivity index (χ1n) is 6.44. The number of phenolic OH excluding ortho intramolecular Hbond substituents is 2. The molecule has 1 aromatic rings. The number of hydrogen-bond donors (Lipinski definition) is 2. The van der Waals surface area contributed by atoms with Gasteiger partial charge in [-0.3, -0.25) is 0 Å². The van der Waals surface area contributed by atoms with Gasteiger partial charge in [0.1, 0.15) is 17.2 Å². The Balaban J connectivity index is 2.81. The molecule has 0 aromatic heterocycles. The van der Waals surface area contributed by atoms with Crippen LogP contribution in [0.1, 0.15) is 26.7 Å². The zero-order valence-electron chi connectivity index (χ0n) is 12.0. The number of aromatic hydroxyl groups is 2. The smallest absolute Gasteiger partial charge is 0.352 e. The Labute approximate surface area is 122 Å². The molecule has 1 unspecified atom stereocenters. The van der Waals surface area contributed by atoms with Gasteiger partial charge in [0.2, 0.25) is 0 Å². The maximum atomic E-state index is 12.0. The van der Waals surface area contributed by atoms with E-state index >= 15 is 0 Å². The minimum Gasteiger partial charge on any atom is -0.508 e. The maximum absolute atomic E-state index is 12.0. The minimum atomic E-state index is -1.07. The Morgan fingerprint density at radius 1 is 1.24 bits per heavy atom. The highest BCUT2D eigenvalue weighted by molar-refractivity contribution is 5.89. The average Bonchev–Trinajstić information content (AvgIpc) is 2.36. The molecule has 0 saturated heterocycles. The monoisotopic (exact) mass is 294 g/mol. The number of phenols is 2. The van der Waals surface area contributed by atoms with Gasteiger partial charge in [-0.1, -0.05) is 19.9 Å². The molecule has 6 heteroatoms. The fourth-order valence-electron chi connectivity index (χ4n) is 1.53. The summed E-state index contributed by atoms with van der Waals surface area (Å²) in [5.74, 6) is -1.99. The van der Waals surface area contributed by atoms with Crippen molar-refractivity contribution < 1.29 is 29.3 Å². The third-order valence-corrected chi connectivity index (χ3v) is 2.51. The van der Waals surface area contributed by atoms with E-state index in [2.05, 4.69) is 6.58 Å². The fraction of sp³-hybridized carbons (Fsp3) is 0.333. The highest BCUT2D eigenvalue weighted by Gasteiger charge is 2.24. The van der Waals surface area contributed by atoms with E-state index in [1.54, 1.807) is 0 Å². The molecule has 0 saturated carbocycles. The zero-order valence-corrected chi connectivity index (χ0v) is 12.0. The van der Waals surface area contributed by atoms with Crippen LogP contribution in [0.3, 0.4) is 0 Å². The molecule has 0 spiro atoms. The Bertz CT molecular complexity index is 529. The number of benzene rings is 1. The zero-order chi connectivity index (χ0) is 16.0. The van der Waals surface area contributed by atoms with E-state index in [9.17, 15) is 19.8 Å². The standard InChI is InChI=1S/C15H18O6/c1-4-5-13(21-14(18)9(2)3)15(19)20-12-7-10(16)6-11(17)8-12/h6-8,13,16-17H,2,4-5H2,1,3H3. The second kappa shape index (κ2) is 7.33. The molecule has 0 fully saturated rings. The lowest BCUT2D eigenvalue weighted by Gasteiger charge is -2.16. The number of carbonyl (C=O) groups is 2. The quantitative estimate of drug-likeness (QED) is 0.475. The molecular weight excluding hydrogens is 276 g/mol. The first kappa shape index (κ1) is 16.6. The number of rotatable bonds is 6. The van der Waals surface area contributed by atoms with Crippen molar-refractivity contribution in [1.82, 2.24) is 0 Å². The first-order valence-corrected chi connectivity index (χ1v) is 6.44. The molecule has 0 aliphatic heterocycles. The van der Waals surface area contributed by atoms with Crippen molar-refractivity contribution in [2.75, 3.05) is 0 Å². The van der Waals surface area contributed by atoms with Crippen LogP contribution in [0.2, 0.25) is 0 Å². The van der Waals surface area contributed by atoms with Crippen LogP contribution in [0.4, 0.5) is 0 Å². The Morgan fingerprint density at radius 2 is 1.81 bits per heavy atom. The molecule has 0 bridgehead atoms. The molecule has 1 atom stereocenters. The summed E-state index contributed by atoms with van der Waals surface area (Å²) in [7, 11) is 0. The maximum Gasteiger partial charge on any atom is 0.352 e. The van der Waals surface area contributed by atoms with Crippen molar-refractivity contribution in [2.24, 2.45) is 0 Å². The van der Waals surface area contributed by atoms with Gasteiger partial charge in [-0.15, -0.1) is 0 Å². The van der Waals surface area contributed by atoms with Gasteiger partial charge < -0.3 is 19.7 Å². The Hall–Kier alpha value is -2.50. The van der Waals surface area contributed by atoms with E-state index < -0.39 is 18.0 Å². The lowest BCUT2D eigenvalue weighted by molar-refractivity contribution is -0.159. The summed E-state index contributed by atoms with van der Waals surface area (Å²) in [6, 6.07) is 3.43. The van der Waals surface area contributed by atoms with E-state index in [-0.39, 0.29) is 22.8 Å². The van der Waals surface area contributed by atoms with Crippen LogP contribution in [0.15, 0.2) is 30.4 Å². The minimum absolute atomic E-state index is 0.0371. The highest BCUT2D eigenvalue weighted by Crippen LogP contribution is 2.26. The Morgan fingerprint density at radius 3 is 2.29 bits per heavy atom. The van der Waals surface area contributed by atoms with E-state index in [0.29, 0.717) is 12.8 Å². The van der Waals surface area contributed by atoms with Crippen LogP contribution in [-0.4, -0.2) is 28.3 Å². The van der Waals surface area contributed by atoms with E-state index in [1.807, 2.05) is 6.92 Å². The van der Waals surface area contributed by atoms with Crippen LogP contribution in [-0.2, 0) is 14.3 Å². The predicted octanol–water partition coefficient (Wildman–Crippen LogP) is 2.29. The van der Waals surface area contributed by atoms with Gasteiger partial charge in [-0.05, 0) is 13.3 Å². The van der Waals surface area contributed by atoms with Crippen LogP contribution in [0.25, 0.3) is 0 Å². The highest BCUT2D eigenvalue weighted by atomic mass is 16.6. The van der Waals surface area contributed by atoms with Crippen molar-refractivity contribution in [3.05, 3.63) is 30.4 Å². The van der Waals surface area contributed by atoms with Crippen molar-refractivity contribution >= 4 is 11.9 Å². The van der Waals surface area contributed by atoms with Crippen LogP contribution in [0, 0.1) is 0 Å². The molecule has 1 rings (SSSR count). The summed E-state index contributed by atoms with van der Waals surface area (Å²) in [6.45, 7) is 6.75. The third-order valence-electron chi connectivity index (χ3n) is 2.51. The lowest BCUT2D eigenvalue weighted by atomic mass is 10.2. The molecule has 1 aromatic carbocycles. The molecule has 2 N–H and O–H groups in total. The van der Waals surface area contributed by atoms with Gasteiger partial charge in [-0.2, -0.15) is 0 Å². The van der Waals surface area contributed by atoms with Gasteiger partial charge in [-0.25, -0.2) is 9.59 Å². The van der Waals surface area contributed by atoms with Crippen LogP contribution < -0.4 is 4.74 Å². The van der Waals surface area contributed by atoms with Crippen molar-refractivity contribution in [3.63, 3.8) is 0 Å². The number of hydrogen-bond acceptors (Lipinski definition) is 6. The predicted molar refractivity (Wildman–Crippen MR) is 75.0 cm³/mol. The van der Waals surface area contributed by atoms with E-state index in [1.165, 1.54) is 19.1 Å². The second-order valence-electron chi connectivity index (χ2n) is 4.57. The van der Waals surface area contributed by atoms with E-state index in [0.717, 1.165) is 6.07 Å². The molecule has 114 valence electrons. The van der Waals surface area contributed by atoms with Crippen LogP contribution in [0.5, 0.6) is 17.2 Å². The third kappa shape index (κ3) is 5.18. The summed E-state index contributed by atoms with van der Waals surface area (Å²) in [6.07, 6.45) is -0.166. The molecule has 0 heterocycles. The SMILES string of the molecule is C=C(C)C(=O)OC(CCC)C(=O)Oc1cc(O)cc(O)c1. The molecule has 6 nitrogen and oxygen atoms in total. The topological polar surface area (TPSA) is 93.1 Å². The summed E-state index contributed by atoms with van der Waals surface area (Å²) in [4.78, 5) is 23.5. The second-order valence-corrected chi connectivity index (χ2v) is 4.57. The van der Waals surface area contributed by atoms with Crippen molar-refractivity contribution in [3.8, 4) is 17.2 Å². The lowest BCUT2D eigenvalue weighted by Crippen LogP contribution is -2.31. The number of ether oxygens (including phenoxy) is 2. The first-order chi connectivity index (χ1) is 9.83. The summed E-state index contributed by atoms with van der Waals surface area (Å²) in [5, 5.41) is 18.6. The van der Waals surface area contributed by atoms with Gasteiger partial charge in [0.15, 0.2) is 6.10 Å². The van der Waals surface area contributed by atoms with Gasteiger partial charge in [0.25, 0.3) is 0 Å². The molecule has 0 radical (unpaired) electrons. The van der Waals surface area contributed by atoms with Gasteiger partial charge >= 0.3 is 11.9 Å². The van der Waals surface area contributed by atoms with Crippen LogP contribution >= 0.6 is 0 Å². The average molecular weight is 294 g/mol. The fourth-order valence-corrected chi connectivity index (χ4v) is 1.53. The number of carbonyl (C=O) groups excluding carboxylic acids is 2. The van der Waals surface area contributed by atoms with Gasteiger partial charge in [0, 0.05) is 23.8 Å². The number of esters is 2. The van der Waals surface area contributed by atoms with Crippen molar-refractivity contribution in [2.45, 2.75) is 32.8 Å². The largest absolute Gasteiger partial charge is 0.508 e. The molecule has 0 amide bonds. The summed E-state index contributed by atoms with van der Waals surface area (Å²) in [5.41, 5.74) is 0.180. The molecular formula is C15H18O6. The van der Waals surface area contributed by atoms with E-state index in [4.69, 9.17) is 9.47 Å². The molecule has 21 heavy (non-hydrogen) atoms. The normalized spacial score (nSPS) is 11.5. The summed E-state index contributed by atoms with van der Waals surface area (Å²) >= 11 is 0. The van der Waals surface area contributed by atoms with Crippen molar-refractivity contribution in [1.29, 1.82) is 0 Å². The molecule has 0 aliphatic rings.